The molecule has 0 radical (unpaired) electrons. The lowest BCUT2D eigenvalue weighted by molar-refractivity contribution is -0.142. The number of H-pyrrole nitrogens is 1. The Kier molecular flexibility index (Phi) is 3.53. The number of hydrogen-bond acceptors (Lipinski definition) is 5. The molecule has 1 fully saturated rings. The Labute approximate surface area is 125 Å². The van der Waals surface area contributed by atoms with Crippen LogP contribution in [-0.2, 0) is 14.8 Å². The lowest BCUT2D eigenvalue weighted by Crippen LogP contribution is -2.47. The first-order valence-electron chi connectivity index (χ1n) is 6.77. The molecule has 22 heavy (non-hydrogen) atoms. The number of hydrogen-bond donors (Lipinski definition) is 2. The second-order valence-electron chi connectivity index (χ2n) is 5.14. The molecule has 118 valence electrons. The molecule has 0 spiro atoms. The van der Waals surface area contributed by atoms with E-state index in [4.69, 9.17) is 4.42 Å². The molecule has 1 aromatic carbocycles. The fourth-order valence-electron chi connectivity index (χ4n) is 2.66. The zero-order chi connectivity index (χ0) is 15.9. The van der Waals surface area contributed by atoms with Gasteiger partial charge in [-0.15, -0.1) is 0 Å². The van der Waals surface area contributed by atoms with E-state index >= 15 is 0 Å². The highest BCUT2D eigenvalue weighted by Crippen LogP contribution is 2.27. The van der Waals surface area contributed by atoms with Crippen molar-refractivity contribution in [3.8, 4) is 0 Å². The summed E-state index contributed by atoms with van der Waals surface area (Å²) in [7, 11) is -3.96. The lowest BCUT2D eigenvalue weighted by Gasteiger charge is -2.31. The molecular formula is C13H14N2O6S. The summed E-state index contributed by atoms with van der Waals surface area (Å²) < 4.78 is 31.2. The van der Waals surface area contributed by atoms with E-state index in [0.717, 1.165) is 4.31 Å². The van der Waals surface area contributed by atoms with Crippen LogP contribution in [0.4, 0.5) is 0 Å². The average Bonchev–Trinajstić information content (AvgIpc) is 2.86. The van der Waals surface area contributed by atoms with Gasteiger partial charge in [0, 0.05) is 12.6 Å². The number of oxazole rings is 1. The Bertz CT molecular complexity index is 881. The van der Waals surface area contributed by atoms with Crippen LogP contribution in [0.1, 0.15) is 19.3 Å². The third-order valence-electron chi connectivity index (χ3n) is 3.74. The first-order chi connectivity index (χ1) is 10.4. The summed E-state index contributed by atoms with van der Waals surface area (Å²) in [5.41, 5.74) is 0.507. The van der Waals surface area contributed by atoms with E-state index in [0.29, 0.717) is 18.4 Å². The summed E-state index contributed by atoms with van der Waals surface area (Å²) in [6, 6.07) is 2.92. The molecule has 1 aliphatic rings. The fraction of sp³-hybridized carbons (Fsp3) is 0.385. The summed E-state index contributed by atoms with van der Waals surface area (Å²) in [6.45, 7) is 0.161. The smallest absolute Gasteiger partial charge is 0.417 e. The molecule has 0 unspecified atom stereocenters. The predicted octanol–water partition coefficient (Wildman–Crippen LogP) is 0.749. The van der Waals surface area contributed by atoms with Gasteiger partial charge in [0.15, 0.2) is 5.58 Å². The van der Waals surface area contributed by atoms with Crippen LogP contribution in [0, 0.1) is 0 Å². The van der Waals surface area contributed by atoms with E-state index in [1.165, 1.54) is 18.2 Å². The molecule has 2 aromatic rings. The maximum Gasteiger partial charge on any atom is 0.417 e. The SMILES string of the molecule is O=C(O)[C@@H]1CCCCN1S(=O)(=O)c1ccc2[nH]c(=O)oc2c1. The van der Waals surface area contributed by atoms with Gasteiger partial charge in [0.05, 0.1) is 10.4 Å². The van der Waals surface area contributed by atoms with Crippen molar-refractivity contribution in [3.05, 3.63) is 28.7 Å². The van der Waals surface area contributed by atoms with Gasteiger partial charge in [-0.3, -0.25) is 9.78 Å². The molecule has 8 nitrogen and oxygen atoms in total. The van der Waals surface area contributed by atoms with E-state index in [-0.39, 0.29) is 23.4 Å². The van der Waals surface area contributed by atoms with Gasteiger partial charge in [-0.05, 0) is 31.4 Å². The van der Waals surface area contributed by atoms with Crippen LogP contribution in [0.25, 0.3) is 11.1 Å². The van der Waals surface area contributed by atoms with E-state index in [1.54, 1.807) is 0 Å². The van der Waals surface area contributed by atoms with Crippen LogP contribution in [0.15, 0.2) is 32.3 Å². The fourth-order valence-corrected chi connectivity index (χ4v) is 4.33. The number of carbonyl (C=O) groups is 1. The monoisotopic (exact) mass is 326 g/mol. The third kappa shape index (κ3) is 2.42. The molecule has 1 aliphatic heterocycles. The first kappa shape index (κ1) is 14.8. The number of carboxylic acid groups (broad SMARTS) is 1. The number of benzene rings is 1. The predicted molar refractivity (Wildman–Crippen MR) is 76.0 cm³/mol. The van der Waals surface area contributed by atoms with Crippen molar-refractivity contribution in [3.63, 3.8) is 0 Å². The molecule has 1 aromatic heterocycles. The Hall–Kier alpha value is -2.13. The molecule has 0 bridgehead atoms. The lowest BCUT2D eigenvalue weighted by atomic mass is 10.1. The number of piperidine rings is 1. The Balaban J connectivity index is 2.06. The van der Waals surface area contributed by atoms with Gasteiger partial charge in [-0.1, -0.05) is 0 Å². The number of carboxylic acids is 1. The van der Waals surface area contributed by atoms with E-state index in [2.05, 4.69) is 4.98 Å². The normalized spacial score (nSPS) is 20.3. The minimum atomic E-state index is -3.96. The molecule has 1 atom stereocenters. The molecule has 2 heterocycles. The van der Waals surface area contributed by atoms with Crippen molar-refractivity contribution < 1.29 is 22.7 Å². The van der Waals surface area contributed by atoms with E-state index < -0.39 is 27.8 Å². The maximum atomic E-state index is 12.7. The second-order valence-corrected chi connectivity index (χ2v) is 7.03. The summed E-state index contributed by atoms with van der Waals surface area (Å²) >= 11 is 0. The Morgan fingerprint density at radius 3 is 2.86 bits per heavy atom. The number of aromatic nitrogens is 1. The molecule has 1 saturated heterocycles. The van der Waals surface area contributed by atoms with E-state index in [1.807, 2.05) is 0 Å². The summed E-state index contributed by atoms with van der Waals surface area (Å²) in [5.74, 6) is -1.83. The summed E-state index contributed by atoms with van der Waals surface area (Å²) in [4.78, 5) is 24.8. The van der Waals surface area contributed by atoms with Gasteiger partial charge in [0.25, 0.3) is 0 Å². The van der Waals surface area contributed by atoms with Crippen molar-refractivity contribution in [2.75, 3.05) is 6.54 Å². The van der Waals surface area contributed by atoms with Gasteiger partial charge in [-0.2, -0.15) is 4.31 Å². The molecule has 9 heteroatoms. The average molecular weight is 326 g/mol. The highest BCUT2D eigenvalue weighted by Gasteiger charge is 2.37. The zero-order valence-corrected chi connectivity index (χ0v) is 12.3. The number of nitrogens with one attached hydrogen (secondary N) is 1. The van der Waals surface area contributed by atoms with Gasteiger partial charge in [0.1, 0.15) is 6.04 Å². The van der Waals surface area contributed by atoms with Crippen molar-refractivity contribution >= 4 is 27.1 Å². The minimum absolute atomic E-state index is 0.0871. The van der Waals surface area contributed by atoms with Crippen molar-refractivity contribution in [1.29, 1.82) is 0 Å². The Morgan fingerprint density at radius 2 is 2.14 bits per heavy atom. The topological polar surface area (TPSA) is 121 Å². The molecule has 0 amide bonds. The van der Waals surface area contributed by atoms with E-state index in [9.17, 15) is 23.1 Å². The zero-order valence-electron chi connectivity index (χ0n) is 11.5. The number of sulfonamides is 1. The van der Waals surface area contributed by atoms with Crippen LogP contribution in [0.2, 0.25) is 0 Å². The van der Waals surface area contributed by atoms with Crippen molar-refractivity contribution in [2.24, 2.45) is 0 Å². The number of aromatic amines is 1. The van der Waals surface area contributed by atoms with Gasteiger partial charge >= 0.3 is 11.7 Å². The summed E-state index contributed by atoms with van der Waals surface area (Å²) in [6.07, 6.45) is 1.58. The number of fused-ring (bicyclic) bond motifs is 1. The highest BCUT2D eigenvalue weighted by molar-refractivity contribution is 7.89. The van der Waals surface area contributed by atoms with Crippen LogP contribution in [-0.4, -0.2) is 41.4 Å². The van der Waals surface area contributed by atoms with Crippen LogP contribution >= 0.6 is 0 Å². The highest BCUT2D eigenvalue weighted by atomic mass is 32.2. The number of rotatable bonds is 3. The van der Waals surface area contributed by atoms with Gasteiger partial charge in [-0.25, -0.2) is 13.2 Å². The van der Waals surface area contributed by atoms with Gasteiger partial charge in [0.2, 0.25) is 10.0 Å². The summed E-state index contributed by atoms with van der Waals surface area (Å²) in [5, 5.41) is 9.22. The first-order valence-corrected chi connectivity index (χ1v) is 8.21. The standard InChI is InChI=1S/C13H14N2O6S/c16-12(17)10-3-1-2-6-15(10)22(19,20)8-4-5-9-11(7-8)21-13(18)14-9/h4-5,7,10H,1-3,6H2,(H,14,18)(H,16,17)/t10-/m0/s1. The molecule has 2 N–H and O–H groups in total. The minimum Gasteiger partial charge on any atom is -0.480 e. The largest absolute Gasteiger partial charge is 0.480 e. The molecule has 3 rings (SSSR count). The van der Waals surface area contributed by atoms with Gasteiger partial charge < -0.3 is 9.52 Å². The third-order valence-corrected chi connectivity index (χ3v) is 5.64. The maximum absolute atomic E-state index is 12.7. The molecular weight excluding hydrogens is 312 g/mol. The van der Waals surface area contributed by atoms with Crippen molar-refractivity contribution in [2.45, 2.75) is 30.2 Å². The quantitative estimate of drug-likeness (QED) is 0.858. The second kappa shape index (κ2) is 5.25. The van der Waals surface area contributed by atoms with Crippen LogP contribution in [0.5, 0.6) is 0 Å². The number of aliphatic carboxylic acids is 1. The van der Waals surface area contributed by atoms with Crippen LogP contribution < -0.4 is 5.76 Å². The van der Waals surface area contributed by atoms with Crippen LogP contribution in [0.3, 0.4) is 0 Å². The molecule has 0 saturated carbocycles. The molecule has 0 aliphatic carbocycles. The Morgan fingerprint density at radius 1 is 1.36 bits per heavy atom. The number of nitrogens with zero attached hydrogens (tertiary/aromatic N) is 1. The van der Waals surface area contributed by atoms with Crippen molar-refractivity contribution in [1.82, 2.24) is 9.29 Å².